The second-order valence-corrected chi connectivity index (χ2v) is 3.50. The Balaban J connectivity index is 2.29. The van der Waals surface area contributed by atoms with Gasteiger partial charge in [-0.1, -0.05) is 32.1 Å². The molecular weight excluding hydrogens is 154 g/mol. The number of ketones is 1. The van der Waals surface area contributed by atoms with Gasteiger partial charge in [-0.25, -0.2) is 0 Å². The molecule has 1 fully saturated rings. The molecule has 0 unspecified atom stereocenters. The Hall–Kier alpha value is -0.860. The van der Waals surface area contributed by atoms with Crippen molar-refractivity contribution < 1.29 is 9.59 Å². The molecule has 2 N–H and O–H groups in total. The number of rotatable bonds is 3. The highest BCUT2D eigenvalue weighted by Gasteiger charge is 2.19. The van der Waals surface area contributed by atoms with Crippen LogP contribution in [0.2, 0.25) is 0 Å². The van der Waals surface area contributed by atoms with Gasteiger partial charge in [0, 0.05) is 6.42 Å². The van der Waals surface area contributed by atoms with Crippen LogP contribution in [-0.4, -0.2) is 11.7 Å². The molecule has 0 spiro atoms. The number of hydrogen-bond donors (Lipinski definition) is 1. The van der Waals surface area contributed by atoms with Gasteiger partial charge < -0.3 is 5.73 Å². The van der Waals surface area contributed by atoms with Crippen molar-refractivity contribution in [3.8, 4) is 0 Å². The van der Waals surface area contributed by atoms with Gasteiger partial charge in [0.2, 0.25) is 5.78 Å². The average molecular weight is 169 g/mol. The van der Waals surface area contributed by atoms with E-state index in [4.69, 9.17) is 5.73 Å². The zero-order chi connectivity index (χ0) is 8.97. The Bertz CT molecular complexity index is 183. The molecule has 3 heteroatoms. The van der Waals surface area contributed by atoms with Gasteiger partial charge in [0.05, 0.1) is 0 Å². The van der Waals surface area contributed by atoms with Crippen LogP contribution in [-0.2, 0) is 9.59 Å². The van der Waals surface area contributed by atoms with Crippen LogP contribution in [0.4, 0.5) is 0 Å². The standard InChI is InChI=1S/C9H15NO2/c10-9(12)8(11)6-7-4-2-1-3-5-7/h7H,1-6H2,(H2,10,12). The van der Waals surface area contributed by atoms with Crippen LogP contribution in [0.25, 0.3) is 0 Å². The van der Waals surface area contributed by atoms with Crippen molar-refractivity contribution in [2.45, 2.75) is 38.5 Å². The van der Waals surface area contributed by atoms with Gasteiger partial charge in [-0.3, -0.25) is 9.59 Å². The molecule has 0 aromatic rings. The van der Waals surface area contributed by atoms with Crippen LogP contribution in [0.3, 0.4) is 0 Å². The Morgan fingerprint density at radius 1 is 1.17 bits per heavy atom. The van der Waals surface area contributed by atoms with E-state index in [2.05, 4.69) is 0 Å². The molecule has 12 heavy (non-hydrogen) atoms. The van der Waals surface area contributed by atoms with Crippen molar-refractivity contribution >= 4 is 11.7 Å². The van der Waals surface area contributed by atoms with Gasteiger partial charge in [-0.15, -0.1) is 0 Å². The van der Waals surface area contributed by atoms with Crippen LogP contribution in [0, 0.1) is 5.92 Å². The maximum Gasteiger partial charge on any atom is 0.284 e. The third kappa shape index (κ3) is 2.64. The Labute approximate surface area is 72.3 Å². The lowest BCUT2D eigenvalue weighted by Crippen LogP contribution is -2.25. The summed E-state index contributed by atoms with van der Waals surface area (Å²) >= 11 is 0. The van der Waals surface area contributed by atoms with E-state index >= 15 is 0 Å². The summed E-state index contributed by atoms with van der Waals surface area (Å²) in [5, 5.41) is 0. The minimum absolute atomic E-state index is 0.370. The number of amides is 1. The molecule has 1 aliphatic rings. The SMILES string of the molecule is NC(=O)C(=O)CC1CCCCC1. The third-order valence-corrected chi connectivity index (χ3v) is 2.47. The van der Waals surface area contributed by atoms with Gasteiger partial charge in [-0.05, 0) is 5.92 Å². The van der Waals surface area contributed by atoms with E-state index in [1.807, 2.05) is 0 Å². The fourth-order valence-corrected chi connectivity index (χ4v) is 1.75. The van der Waals surface area contributed by atoms with Crippen molar-refractivity contribution in [2.75, 3.05) is 0 Å². The molecule has 68 valence electrons. The molecule has 1 rings (SSSR count). The van der Waals surface area contributed by atoms with E-state index in [0.29, 0.717) is 12.3 Å². The summed E-state index contributed by atoms with van der Waals surface area (Å²) in [6.45, 7) is 0. The molecule has 0 aromatic heterocycles. The smallest absolute Gasteiger partial charge is 0.284 e. The van der Waals surface area contributed by atoms with E-state index in [0.717, 1.165) is 12.8 Å². The summed E-state index contributed by atoms with van der Waals surface area (Å²) in [5.41, 5.74) is 4.86. The lowest BCUT2D eigenvalue weighted by molar-refractivity contribution is -0.136. The lowest BCUT2D eigenvalue weighted by atomic mass is 9.86. The topological polar surface area (TPSA) is 60.2 Å². The normalized spacial score (nSPS) is 19.0. The highest BCUT2D eigenvalue weighted by Crippen LogP contribution is 2.26. The quantitative estimate of drug-likeness (QED) is 0.641. The summed E-state index contributed by atoms with van der Waals surface area (Å²) < 4.78 is 0. The fourth-order valence-electron chi connectivity index (χ4n) is 1.75. The predicted octanol–water partition coefficient (Wildman–Crippen LogP) is 1.01. The molecular formula is C9H15NO2. The molecule has 1 amide bonds. The van der Waals surface area contributed by atoms with Gasteiger partial charge in [0.15, 0.2) is 0 Å². The van der Waals surface area contributed by atoms with Crippen LogP contribution in [0.15, 0.2) is 0 Å². The van der Waals surface area contributed by atoms with Gasteiger partial charge in [0.25, 0.3) is 5.91 Å². The Morgan fingerprint density at radius 2 is 1.75 bits per heavy atom. The molecule has 0 atom stereocenters. The van der Waals surface area contributed by atoms with E-state index in [1.54, 1.807) is 0 Å². The van der Waals surface area contributed by atoms with Crippen LogP contribution >= 0.6 is 0 Å². The van der Waals surface area contributed by atoms with E-state index in [-0.39, 0.29) is 0 Å². The highest BCUT2D eigenvalue weighted by molar-refractivity contribution is 6.35. The second kappa shape index (κ2) is 4.24. The highest BCUT2D eigenvalue weighted by atomic mass is 16.2. The summed E-state index contributed by atoms with van der Waals surface area (Å²) in [6, 6.07) is 0. The second-order valence-electron chi connectivity index (χ2n) is 3.50. The number of carbonyl (C=O) groups is 2. The monoisotopic (exact) mass is 169 g/mol. The first-order valence-electron chi connectivity index (χ1n) is 4.53. The largest absolute Gasteiger partial charge is 0.363 e. The minimum atomic E-state index is -0.777. The van der Waals surface area contributed by atoms with Crippen LogP contribution < -0.4 is 5.73 Å². The molecule has 0 radical (unpaired) electrons. The maximum absolute atomic E-state index is 10.9. The molecule has 0 saturated heterocycles. The number of carbonyl (C=O) groups excluding carboxylic acids is 2. The molecule has 1 saturated carbocycles. The maximum atomic E-state index is 10.9. The molecule has 0 aromatic carbocycles. The molecule has 0 bridgehead atoms. The van der Waals surface area contributed by atoms with Gasteiger partial charge in [-0.2, -0.15) is 0 Å². The molecule has 1 aliphatic carbocycles. The first kappa shape index (κ1) is 9.23. The molecule has 0 aliphatic heterocycles. The van der Waals surface area contributed by atoms with Crippen LogP contribution in [0.5, 0.6) is 0 Å². The fraction of sp³-hybridized carbons (Fsp3) is 0.778. The minimum Gasteiger partial charge on any atom is -0.363 e. The zero-order valence-corrected chi connectivity index (χ0v) is 7.21. The zero-order valence-electron chi connectivity index (χ0n) is 7.21. The Morgan fingerprint density at radius 3 is 2.25 bits per heavy atom. The average Bonchev–Trinajstić information content (AvgIpc) is 2.06. The first-order valence-corrected chi connectivity index (χ1v) is 4.53. The summed E-state index contributed by atoms with van der Waals surface area (Å²) in [5.74, 6) is -0.763. The van der Waals surface area contributed by atoms with Crippen molar-refractivity contribution in [2.24, 2.45) is 11.7 Å². The van der Waals surface area contributed by atoms with Crippen molar-refractivity contribution in [1.29, 1.82) is 0 Å². The van der Waals surface area contributed by atoms with Crippen molar-refractivity contribution in [3.05, 3.63) is 0 Å². The molecule has 3 nitrogen and oxygen atoms in total. The van der Waals surface area contributed by atoms with Crippen molar-refractivity contribution in [1.82, 2.24) is 0 Å². The Kier molecular flexibility index (Phi) is 3.26. The van der Waals surface area contributed by atoms with Crippen molar-refractivity contribution in [3.63, 3.8) is 0 Å². The van der Waals surface area contributed by atoms with Gasteiger partial charge >= 0.3 is 0 Å². The lowest BCUT2D eigenvalue weighted by Gasteiger charge is -2.19. The van der Waals surface area contributed by atoms with E-state index in [9.17, 15) is 9.59 Å². The number of Topliss-reactive ketones (excluding diaryl/α,β-unsaturated/α-hetero) is 1. The number of hydrogen-bond acceptors (Lipinski definition) is 2. The number of nitrogens with two attached hydrogens (primary N) is 1. The third-order valence-electron chi connectivity index (χ3n) is 2.47. The molecule has 0 heterocycles. The summed E-state index contributed by atoms with van der Waals surface area (Å²) in [6.07, 6.45) is 6.18. The van der Waals surface area contributed by atoms with Crippen LogP contribution in [0.1, 0.15) is 38.5 Å². The van der Waals surface area contributed by atoms with Gasteiger partial charge in [0.1, 0.15) is 0 Å². The number of primary amides is 1. The van der Waals surface area contributed by atoms with E-state index in [1.165, 1.54) is 19.3 Å². The first-order chi connectivity index (χ1) is 5.70. The predicted molar refractivity (Wildman–Crippen MR) is 45.4 cm³/mol. The summed E-state index contributed by atoms with van der Waals surface area (Å²) in [4.78, 5) is 21.4. The summed E-state index contributed by atoms with van der Waals surface area (Å²) in [7, 11) is 0. The van der Waals surface area contributed by atoms with E-state index < -0.39 is 11.7 Å².